The van der Waals surface area contributed by atoms with Gasteiger partial charge in [0.1, 0.15) is 5.82 Å². The highest BCUT2D eigenvalue weighted by atomic mass is 16.5. The summed E-state index contributed by atoms with van der Waals surface area (Å²) in [7, 11) is 3.81. The molecule has 0 aliphatic heterocycles. The lowest BCUT2D eigenvalue weighted by Crippen LogP contribution is -2.38. The van der Waals surface area contributed by atoms with E-state index in [0.717, 1.165) is 25.2 Å². The van der Waals surface area contributed by atoms with Crippen molar-refractivity contribution in [3.63, 3.8) is 0 Å². The van der Waals surface area contributed by atoms with E-state index in [1.165, 1.54) is 5.56 Å². The highest BCUT2D eigenvalue weighted by Gasteiger charge is 2.24. The summed E-state index contributed by atoms with van der Waals surface area (Å²) < 4.78 is 7.85. The third kappa shape index (κ3) is 4.16. The topological polar surface area (TPSA) is 39.1 Å². The zero-order chi connectivity index (χ0) is 15.1. The molecule has 4 heteroatoms. The smallest absolute Gasteiger partial charge is 0.110 e. The summed E-state index contributed by atoms with van der Waals surface area (Å²) in [6, 6.07) is 10.6. The van der Waals surface area contributed by atoms with Crippen molar-refractivity contribution in [2.75, 3.05) is 13.7 Å². The van der Waals surface area contributed by atoms with Gasteiger partial charge in [-0.25, -0.2) is 4.98 Å². The number of rotatable bonds is 8. The molecule has 4 nitrogen and oxygen atoms in total. The molecule has 1 heterocycles. The third-order valence-corrected chi connectivity index (χ3v) is 3.73. The van der Waals surface area contributed by atoms with Gasteiger partial charge in [0.15, 0.2) is 0 Å². The van der Waals surface area contributed by atoms with Gasteiger partial charge in [-0.2, -0.15) is 0 Å². The SMILES string of the molecule is CCCNC(Cc1nccn1C)C(OC)c1ccccc1. The summed E-state index contributed by atoms with van der Waals surface area (Å²) in [5, 5.41) is 3.61. The Balaban J connectivity index is 2.19. The van der Waals surface area contributed by atoms with E-state index in [4.69, 9.17) is 4.74 Å². The molecule has 1 N–H and O–H groups in total. The third-order valence-electron chi connectivity index (χ3n) is 3.73. The molecule has 0 amide bonds. The number of nitrogens with zero attached hydrogens (tertiary/aromatic N) is 2. The van der Waals surface area contributed by atoms with E-state index in [0.29, 0.717) is 0 Å². The predicted molar refractivity (Wildman–Crippen MR) is 85.2 cm³/mol. The van der Waals surface area contributed by atoms with Gasteiger partial charge in [0.25, 0.3) is 0 Å². The fourth-order valence-corrected chi connectivity index (χ4v) is 2.58. The molecule has 0 saturated heterocycles. The molecular formula is C17H25N3O. The van der Waals surface area contributed by atoms with E-state index >= 15 is 0 Å². The first kappa shape index (κ1) is 15.7. The Morgan fingerprint density at radius 1 is 1.29 bits per heavy atom. The summed E-state index contributed by atoms with van der Waals surface area (Å²) >= 11 is 0. The van der Waals surface area contributed by atoms with Crippen molar-refractivity contribution >= 4 is 0 Å². The highest BCUT2D eigenvalue weighted by molar-refractivity contribution is 5.20. The number of ether oxygens (including phenoxy) is 1. The maximum Gasteiger partial charge on any atom is 0.110 e. The van der Waals surface area contributed by atoms with Crippen molar-refractivity contribution in [2.24, 2.45) is 7.05 Å². The Kier molecular flexibility index (Phi) is 5.96. The molecule has 1 aromatic heterocycles. The largest absolute Gasteiger partial charge is 0.375 e. The number of nitrogens with one attached hydrogen (secondary N) is 1. The average molecular weight is 287 g/mol. The highest BCUT2D eigenvalue weighted by Crippen LogP contribution is 2.22. The Morgan fingerprint density at radius 3 is 2.62 bits per heavy atom. The summed E-state index contributed by atoms with van der Waals surface area (Å²) in [6.07, 6.45) is 5.79. The van der Waals surface area contributed by atoms with Gasteiger partial charge in [0, 0.05) is 39.0 Å². The Hall–Kier alpha value is -1.65. The van der Waals surface area contributed by atoms with Crippen LogP contribution in [0, 0.1) is 0 Å². The molecule has 2 unspecified atom stereocenters. The first-order chi connectivity index (χ1) is 10.3. The number of aromatic nitrogens is 2. The summed E-state index contributed by atoms with van der Waals surface area (Å²) in [6.45, 7) is 3.15. The van der Waals surface area contributed by atoms with Gasteiger partial charge in [-0.15, -0.1) is 0 Å². The second kappa shape index (κ2) is 7.96. The van der Waals surface area contributed by atoms with E-state index in [2.05, 4.69) is 46.1 Å². The van der Waals surface area contributed by atoms with Gasteiger partial charge >= 0.3 is 0 Å². The average Bonchev–Trinajstić information content (AvgIpc) is 2.91. The number of hydrogen-bond donors (Lipinski definition) is 1. The van der Waals surface area contributed by atoms with Crippen LogP contribution in [-0.2, 0) is 18.2 Å². The minimum Gasteiger partial charge on any atom is -0.375 e. The zero-order valence-corrected chi connectivity index (χ0v) is 13.1. The van der Waals surface area contributed by atoms with Crippen molar-refractivity contribution < 1.29 is 4.74 Å². The molecule has 0 fully saturated rings. The van der Waals surface area contributed by atoms with Crippen molar-refractivity contribution in [3.05, 3.63) is 54.1 Å². The van der Waals surface area contributed by atoms with E-state index in [1.54, 1.807) is 7.11 Å². The lowest BCUT2D eigenvalue weighted by molar-refractivity contribution is 0.0670. The molecule has 0 aliphatic carbocycles. The lowest BCUT2D eigenvalue weighted by atomic mass is 9.99. The second-order valence-corrected chi connectivity index (χ2v) is 5.29. The molecule has 0 aliphatic rings. The monoisotopic (exact) mass is 287 g/mol. The molecule has 2 aromatic rings. The fourth-order valence-electron chi connectivity index (χ4n) is 2.58. The van der Waals surface area contributed by atoms with Gasteiger partial charge < -0.3 is 14.6 Å². The van der Waals surface area contributed by atoms with E-state index in [9.17, 15) is 0 Å². The van der Waals surface area contributed by atoms with Crippen LogP contribution in [0.2, 0.25) is 0 Å². The zero-order valence-electron chi connectivity index (χ0n) is 13.1. The van der Waals surface area contributed by atoms with Crippen molar-refractivity contribution in [1.29, 1.82) is 0 Å². The van der Waals surface area contributed by atoms with E-state index in [1.807, 2.05) is 25.5 Å². The molecule has 0 radical (unpaired) electrons. The van der Waals surface area contributed by atoms with Crippen molar-refractivity contribution in [1.82, 2.24) is 14.9 Å². The fraction of sp³-hybridized carbons (Fsp3) is 0.471. The number of imidazole rings is 1. The standard InChI is InChI=1S/C17H25N3O/c1-4-10-18-15(13-16-19-11-12-20(16)2)17(21-3)14-8-6-5-7-9-14/h5-9,11-12,15,17-18H,4,10,13H2,1-3H3. The van der Waals surface area contributed by atoms with Crippen LogP contribution in [-0.4, -0.2) is 29.2 Å². The molecule has 0 spiro atoms. The van der Waals surface area contributed by atoms with Crippen molar-refractivity contribution in [3.8, 4) is 0 Å². The van der Waals surface area contributed by atoms with Crippen LogP contribution in [0.15, 0.2) is 42.7 Å². The summed E-state index contributed by atoms with van der Waals surface area (Å²) in [5.74, 6) is 1.07. The predicted octanol–water partition coefficient (Wildman–Crippen LogP) is 2.72. The van der Waals surface area contributed by atoms with Crippen LogP contribution < -0.4 is 5.32 Å². The Bertz CT molecular complexity index is 524. The van der Waals surface area contributed by atoms with Crippen molar-refractivity contribution in [2.45, 2.75) is 31.9 Å². The van der Waals surface area contributed by atoms with Crippen LogP contribution in [0.1, 0.15) is 30.8 Å². The number of methoxy groups -OCH3 is 1. The second-order valence-electron chi connectivity index (χ2n) is 5.29. The maximum absolute atomic E-state index is 5.78. The van der Waals surface area contributed by atoms with Gasteiger partial charge in [0.2, 0.25) is 0 Å². The molecule has 2 rings (SSSR count). The summed E-state index contributed by atoms with van der Waals surface area (Å²) in [5.41, 5.74) is 1.20. The molecule has 1 aromatic carbocycles. The van der Waals surface area contributed by atoms with Gasteiger partial charge in [-0.3, -0.25) is 0 Å². The molecule has 0 bridgehead atoms. The molecule has 2 atom stereocenters. The summed E-state index contributed by atoms with van der Waals surface area (Å²) in [4.78, 5) is 4.44. The van der Waals surface area contributed by atoms with Gasteiger partial charge in [0.05, 0.1) is 6.10 Å². The van der Waals surface area contributed by atoms with E-state index < -0.39 is 0 Å². The Labute approximate surface area is 127 Å². The number of hydrogen-bond acceptors (Lipinski definition) is 3. The quantitative estimate of drug-likeness (QED) is 0.811. The van der Waals surface area contributed by atoms with Crippen LogP contribution in [0.3, 0.4) is 0 Å². The first-order valence-corrected chi connectivity index (χ1v) is 7.53. The van der Waals surface area contributed by atoms with Crippen LogP contribution in [0.4, 0.5) is 0 Å². The minimum absolute atomic E-state index is 0.0226. The van der Waals surface area contributed by atoms with Crippen LogP contribution >= 0.6 is 0 Å². The molecule has 0 saturated carbocycles. The Morgan fingerprint density at radius 2 is 2.05 bits per heavy atom. The normalized spacial score (nSPS) is 14.0. The minimum atomic E-state index is 0.0226. The maximum atomic E-state index is 5.78. The van der Waals surface area contributed by atoms with Gasteiger partial charge in [-0.1, -0.05) is 37.3 Å². The number of benzene rings is 1. The van der Waals surface area contributed by atoms with Crippen LogP contribution in [0.25, 0.3) is 0 Å². The lowest BCUT2D eigenvalue weighted by Gasteiger charge is -2.27. The molecule has 114 valence electrons. The molecular weight excluding hydrogens is 262 g/mol. The number of aryl methyl sites for hydroxylation is 1. The van der Waals surface area contributed by atoms with E-state index in [-0.39, 0.29) is 12.1 Å². The molecule has 21 heavy (non-hydrogen) atoms. The van der Waals surface area contributed by atoms with Gasteiger partial charge in [-0.05, 0) is 18.5 Å². The van der Waals surface area contributed by atoms with Crippen LogP contribution in [0.5, 0.6) is 0 Å². The first-order valence-electron chi connectivity index (χ1n) is 7.53.